The van der Waals surface area contributed by atoms with Gasteiger partial charge in [0, 0.05) is 37.7 Å². The smallest absolute Gasteiger partial charge is 0.410 e. The zero-order valence-corrected chi connectivity index (χ0v) is 19.0. The van der Waals surface area contributed by atoms with Gasteiger partial charge < -0.3 is 19.1 Å². The Morgan fingerprint density at radius 3 is 2.58 bits per heavy atom. The molecule has 1 aromatic heterocycles. The fourth-order valence-electron chi connectivity index (χ4n) is 4.07. The number of hydrogen-bond acceptors (Lipinski definition) is 5. The number of aromatic nitrogens is 2. The number of benzene rings is 1. The van der Waals surface area contributed by atoms with Gasteiger partial charge in [0.05, 0.1) is 17.1 Å². The Kier molecular flexibility index (Phi) is 5.62. The summed E-state index contributed by atoms with van der Waals surface area (Å²) in [5.74, 6) is 0.188. The Balaban J connectivity index is 1.49. The molecule has 2 fully saturated rings. The predicted molar refractivity (Wildman–Crippen MR) is 115 cm³/mol. The number of nitrogens with zero attached hydrogens (tertiary/aromatic N) is 3. The number of carbonyl (C=O) groups excluding carboxylic acids is 1. The standard InChI is InChI=1S/C23H32FN3O4/c1-22(2,3)31-21(28)26-13-15(14-26)23(4,5)30-19-11-16(24)10-18-17(19)12-25-27(18)20-8-6-7-9-29-20/h10-12,15,20H,6-9,13-14H2,1-5H3. The first-order valence-electron chi connectivity index (χ1n) is 11.0. The summed E-state index contributed by atoms with van der Waals surface area (Å²) in [6, 6.07) is 2.88. The molecule has 2 aromatic rings. The van der Waals surface area contributed by atoms with E-state index in [0.29, 0.717) is 31.0 Å². The molecule has 2 aliphatic heterocycles. The molecular weight excluding hydrogens is 401 g/mol. The zero-order valence-electron chi connectivity index (χ0n) is 19.0. The van der Waals surface area contributed by atoms with Crippen LogP contribution in [0.15, 0.2) is 18.3 Å². The van der Waals surface area contributed by atoms with E-state index in [4.69, 9.17) is 14.2 Å². The molecular formula is C23H32FN3O4. The van der Waals surface area contributed by atoms with Crippen LogP contribution in [0.3, 0.4) is 0 Å². The predicted octanol–water partition coefficient (Wildman–Crippen LogP) is 4.90. The van der Waals surface area contributed by atoms with Gasteiger partial charge in [0.1, 0.15) is 22.8 Å². The van der Waals surface area contributed by atoms with Crippen molar-refractivity contribution in [2.75, 3.05) is 19.7 Å². The van der Waals surface area contributed by atoms with Gasteiger partial charge in [-0.05, 0) is 53.9 Å². The molecule has 31 heavy (non-hydrogen) atoms. The van der Waals surface area contributed by atoms with Crippen LogP contribution in [0, 0.1) is 11.7 Å². The largest absolute Gasteiger partial charge is 0.487 e. The van der Waals surface area contributed by atoms with Crippen LogP contribution in [0.2, 0.25) is 0 Å². The average molecular weight is 434 g/mol. The zero-order chi connectivity index (χ0) is 22.4. The first-order chi connectivity index (χ1) is 14.5. The Hall–Kier alpha value is -2.35. The van der Waals surface area contributed by atoms with Crippen LogP contribution >= 0.6 is 0 Å². The minimum Gasteiger partial charge on any atom is -0.487 e. The molecule has 0 spiro atoms. The van der Waals surface area contributed by atoms with Crippen LogP contribution < -0.4 is 4.74 Å². The maximum atomic E-state index is 14.5. The highest BCUT2D eigenvalue weighted by Crippen LogP contribution is 2.37. The molecule has 1 aromatic carbocycles. The molecule has 3 heterocycles. The van der Waals surface area contributed by atoms with Crippen LogP contribution in [0.1, 0.15) is 60.1 Å². The summed E-state index contributed by atoms with van der Waals surface area (Å²) in [5, 5.41) is 5.23. The summed E-state index contributed by atoms with van der Waals surface area (Å²) < 4.78 is 33.8. The first-order valence-corrected chi connectivity index (χ1v) is 11.0. The van der Waals surface area contributed by atoms with Crippen LogP contribution in [-0.4, -0.2) is 51.7 Å². The number of halogens is 1. The highest BCUT2D eigenvalue weighted by molar-refractivity contribution is 5.85. The summed E-state index contributed by atoms with van der Waals surface area (Å²) in [6.07, 6.45) is 4.18. The molecule has 1 amide bonds. The second-order valence-corrected chi connectivity index (χ2v) is 10.0. The molecule has 170 valence electrons. The lowest BCUT2D eigenvalue weighted by Crippen LogP contribution is -2.60. The number of fused-ring (bicyclic) bond motifs is 1. The van der Waals surface area contributed by atoms with Crippen LogP contribution in [0.4, 0.5) is 9.18 Å². The van der Waals surface area contributed by atoms with E-state index in [1.54, 1.807) is 15.8 Å². The molecule has 1 atom stereocenters. The second kappa shape index (κ2) is 7.97. The lowest BCUT2D eigenvalue weighted by atomic mass is 9.84. The van der Waals surface area contributed by atoms with Gasteiger partial charge in [0.25, 0.3) is 0 Å². The number of rotatable bonds is 4. The normalized spacial score (nSPS) is 20.6. The monoisotopic (exact) mass is 433 g/mol. The number of ether oxygens (including phenoxy) is 3. The minimum absolute atomic E-state index is 0.107. The summed E-state index contributed by atoms with van der Waals surface area (Å²) in [7, 11) is 0. The van der Waals surface area contributed by atoms with Crippen LogP contribution in [-0.2, 0) is 9.47 Å². The van der Waals surface area contributed by atoms with Crippen molar-refractivity contribution in [3.63, 3.8) is 0 Å². The Bertz CT molecular complexity index is 954. The summed E-state index contributed by atoms with van der Waals surface area (Å²) in [4.78, 5) is 13.9. The molecule has 0 N–H and O–H groups in total. The third-order valence-electron chi connectivity index (χ3n) is 5.96. The van der Waals surface area contributed by atoms with Crippen molar-refractivity contribution in [3.8, 4) is 5.75 Å². The van der Waals surface area contributed by atoms with Gasteiger partial charge in [-0.15, -0.1) is 0 Å². The lowest BCUT2D eigenvalue weighted by molar-refractivity contribution is -0.0544. The van der Waals surface area contributed by atoms with E-state index >= 15 is 0 Å². The SMILES string of the molecule is CC(C)(C)OC(=O)N1CC(C(C)(C)Oc2cc(F)cc3c2cnn3C2CCCCO2)C1. The number of carbonyl (C=O) groups is 1. The molecule has 0 radical (unpaired) electrons. The maximum absolute atomic E-state index is 14.5. The van der Waals surface area contributed by atoms with E-state index in [0.717, 1.165) is 24.6 Å². The van der Waals surface area contributed by atoms with Gasteiger partial charge in [-0.3, -0.25) is 0 Å². The Morgan fingerprint density at radius 2 is 1.94 bits per heavy atom. The van der Waals surface area contributed by atoms with E-state index in [-0.39, 0.29) is 24.1 Å². The third-order valence-corrected chi connectivity index (χ3v) is 5.96. The van der Waals surface area contributed by atoms with Crippen molar-refractivity contribution in [2.45, 2.75) is 71.3 Å². The molecule has 7 nitrogen and oxygen atoms in total. The molecule has 2 saturated heterocycles. The molecule has 4 rings (SSSR count). The van der Waals surface area contributed by atoms with Crippen molar-refractivity contribution in [3.05, 3.63) is 24.1 Å². The first kappa shape index (κ1) is 21.9. The fourth-order valence-corrected chi connectivity index (χ4v) is 4.07. The van der Waals surface area contributed by atoms with Crippen molar-refractivity contribution in [1.82, 2.24) is 14.7 Å². The molecule has 0 aliphatic carbocycles. The summed E-state index contributed by atoms with van der Waals surface area (Å²) in [5.41, 5.74) is -0.451. The van der Waals surface area contributed by atoms with Gasteiger partial charge in [-0.25, -0.2) is 13.9 Å². The van der Waals surface area contributed by atoms with Gasteiger partial charge in [-0.2, -0.15) is 5.10 Å². The molecule has 1 unspecified atom stereocenters. The summed E-state index contributed by atoms with van der Waals surface area (Å²) in [6.45, 7) is 11.2. The van der Waals surface area contributed by atoms with Gasteiger partial charge in [-0.1, -0.05) is 0 Å². The number of amides is 1. The van der Waals surface area contributed by atoms with Crippen molar-refractivity contribution < 1.29 is 23.4 Å². The van der Waals surface area contributed by atoms with E-state index in [1.165, 1.54) is 12.1 Å². The molecule has 0 saturated carbocycles. The van der Waals surface area contributed by atoms with E-state index in [1.807, 2.05) is 34.6 Å². The maximum Gasteiger partial charge on any atom is 0.410 e. The third kappa shape index (κ3) is 4.63. The minimum atomic E-state index is -0.595. The van der Waals surface area contributed by atoms with E-state index in [9.17, 15) is 9.18 Å². The van der Waals surface area contributed by atoms with E-state index in [2.05, 4.69) is 5.10 Å². The Morgan fingerprint density at radius 1 is 1.19 bits per heavy atom. The Labute approximate surface area is 182 Å². The van der Waals surface area contributed by atoms with Gasteiger partial charge in [0.2, 0.25) is 0 Å². The molecule has 2 aliphatic rings. The second-order valence-electron chi connectivity index (χ2n) is 10.0. The van der Waals surface area contributed by atoms with Gasteiger partial charge >= 0.3 is 6.09 Å². The molecule has 8 heteroatoms. The quantitative estimate of drug-likeness (QED) is 0.686. The van der Waals surface area contributed by atoms with Crippen LogP contribution in [0.25, 0.3) is 10.9 Å². The van der Waals surface area contributed by atoms with Crippen molar-refractivity contribution >= 4 is 17.0 Å². The van der Waals surface area contributed by atoms with E-state index < -0.39 is 11.2 Å². The highest BCUT2D eigenvalue weighted by Gasteiger charge is 2.44. The fraction of sp³-hybridized carbons (Fsp3) is 0.652. The van der Waals surface area contributed by atoms with Crippen molar-refractivity contribution in [2.24, 2.45) is 5.92 Å². The summed E-state index contributed by atoms with van der Waals surface area (Å²) >= 11 is 0. The molecule has 0 bridgehead atoms. The van der Waals surface area contributed by atoms with Crippen LogP contribution in [0.5, 0.6) is 5.75 Å². The lowest BCUT2D eigenvalue weighted by Gasteiger charge is -2.47. The van der Waals surface area contributed by atoms with Gasteiger partial charge in [0.15, 0.2) is 6.23 Å². The highest BCUT2D eigenvalue weighted by atomic mass is 19.1. The number of likely N-dealkylation sites (tertiary alicyclic amines) is 1. The van der Waals surface area contributed by atoms with Crippen molar-refractivity contribution in [1.29, 1.82) is 0 Å². The number of hydrogen-bond donors (Lipinski definition) is 0. The average Bonchev–Trinajstić information content (AvgIpc) is 3.02. The topological polar surface area (TPSA) is 65.8 Å².